The maximum atomic E-state index is 11.9. The van der Waals surface area contributed by atoms with Gasteiger partial charge in [0.15, 0.2) is 0 Å². The van der Waals surface area contributed by atoms with Crippen molar-refractivity contribution in [3.63, 3.8) is 0 Å². The highest BCUT2D eigenvalue weighted by atomic mass is 32.2. The SMILES string of the molecule is O=C1N[C@@H](SCc2ccccc2)Nc2ccccc21. The summed E-state index contributed by atoms with van der Waals surface area (Å²) in [6.07, 6.45) is 0. The van der Waals surface area contributed by atoms with Crippen LogP contribution in [-0.2, 0) is 5.75 Å². The van der Waals surface area contributed by atoms with Crippen molar-refractivity contribution in [3.8, 4) is 0 Å². The molecule has 3 rings (SSSR count). The molecule has 1 heterocycles. The molecule has 1 aliphatic heterocycles. The first-order chi connectivity index (χ1) is 9.33. The fraction of sp³-hybridized carbons (Fsp3) is 0.133. The molecule has 1 aliphatic rings. The van der Waals surface area contributed by atoms with Gasteiger partial charge in [-0.05, 0) is 17.7 Å². The molecule has 1 atom stereocenters. The Kier molecular flexibility index (Phi) is 3.42. The first-order valence-electron chi connectivity index (χ1n) is 6.15. The van der Waals surface area contributed by atoms with E-state index in [1.54, 1.807) is 11.8 Å². The molecule has 4 heteroatoms. The Labute approximate surface area is 116 Å². The number of rotatable bonds is 3. The van der Waals surface area contributed by atoms with Crippen molar-refractivity contribution < 1.29 is 4.79 Å². The largest absolute Gasteiger partial charge is 0.356 e. The number of hydrogen-bond donors (Lipinski definition) is 2. The minimum Gasteiger partial charge on any atom is -0.356 e. The normalized spacial score (nSPS) is 17.3. The van der Waals surface area contributed by atoms with Gasteiger partial charge in [-0.25, -0.2) is 0 Å². The van der Waals surface area contributed by atoms with E-state index >= 15 is 0 Å². The monoisotopic (exact) mass is 270 g/mol. The summed E-state index contributed by atoms with van der Waals surface area (Å²) < 4.78 is 0. The van der Waals surface area contributed by atoms with E-state index in [1.165, 1.54) is 5.56 Å². The van der Waals surface area contributed by atoms with Crippen molar-refractivity contribution >= 4 is 23.4 Å². The van der Waals surface area contributed by atoms with Crippen LogP contribution < -0.4 is 10.6 Å². The highest BCUT2D eigenvalue weighted by Gasteiger charge is 2.22. The van der Waals surface area contributed by atoms with Crippen LogP contribution in [0.2, 0.25) is 0 Å². The van der Waals surface area contributed by atoms with Crippen LogP contribution in [0.25, 0.3) is 0 Å². The average molecular weight is 270 g/mol. The summed E-state index contributed by atoms with van der Waals surface area (Å²) in [4.78, 5) is 11.9. The molecule has 2 aromatic rings. The van der Waals surface area contributed by atoms with Gasteiger partial charge in [-0.15, -0.1) is 11.8 Å². The molecule has 3 nitrogen and oxygen atoms in total. The van der Waals surface area contributed by atoms with Crippen LogP contribution in [0, 0.1) is 0 Å². The molecule has 0 aliphatic carbocycles. The Morgan fingerprint density at radius 1 is 0.947 bits per heavy atom. The molecule has 0 bridgehead atoms. The number of amides is 1. The van der Waals surface area contributed by atoms with Crippen molar-refractivity contribution in [3.05, 3.63) is 65.7 Å². The Morgan fingerprint density at radius 2 is 1.68 bits per heavy atom. The van der Waals surface area contributed by atoms with Crippen LogP contribution in [0.5, 0.6) is 0 Å². The lowest BCUT2D eigenvalue weighted by atomic mass is 10.1. The number of benzene rings is 2. The fourth-order valence-electron chi connectivity index (χ4n) is 2.02. The second-order valence-electron chi connectivity index (χ2n) is 4.34. The van der Waals surface area contributed by atoms with E-state index in [9.17, 15) is 4.79 Å². The zero-order chi connectivity index (χ0) is 13.1. The molecule has 2 aromatic carbocycles. The summed E-state index contributed by atoms with van der Waals surface area (Å²) in [5, 5.41) is 6.28. The van der Waals surface area contributed by atoms with Gasteiger partial charge in [0.05, 0.1) is 5.56 Å². The van der Waals surface area contributed by atoms with E-state index < -0.39 is 0 Å². The summed E-state index contributed by atoms with van der Waals surface area (Å²) >= 11 is 1.67. The number of fused-ring (bicyclic) bond motifs is 1. The van der Waals surface area contributed by atoms with Crippen molar-refractivity contribution in [1.82, 2.24) is 5.32 Å². The van der Waals surface area contributed by atoms with E-state index in [0.29, 0.717) is 5.56 Å². The summed E-state index contributed by atoms with van der Waals surface area (Å²) in [6, 6.07) is 17.8. The number of hydrogen-bond acceptors (Lipinski definition) is 3. The van der Waals surface area contributed by atoms with Gasteiger partial charge in [0.25, 0.3) is 5.91 Å². The molecular formula is C15H14N2OS. The summed E-state index contributed by atoms with van der Waals surface area (Å²) in [7, 11) is 0. The van der Waals surface area contributed by atoms with Gasteiger partial charge in [-0.3, -0.25) is 4.79 Å². The minimum absolute atomic E-state index is 0.0140. The third-order valence-corrected chi connectivity index (χ3v) is 4.05. The quantitative estimate of drug-likeness (QED) is 0.900. The molecule has 0 fully saturated rings. The zero-order valence-corrected chi connectivity index (χ0v) is 11.1. The second kappa shape index (κ2) is 5.36. The lowest BCUT2D eigenvalue weighted by Crippen LogP contribution is -2.42. The van der Waals surface area contributed by atoms with Gasteiger partial charge in [-0.2, -0.15) is 0 Å². The Balaban J connectivity index is 1.67. The molecule has 0 saturated carbocycles. The molecule has 0 unspecified atom stereocenters. The van der Waals surface area contributed by atoms with Crippen molar-refractivity contribution in [2.24, 2.45) is 0 Å². The van der Waals surface area contributed by atoms with Crippen LogP contribution in [0.4, 0.5) is 5.69 Å². The van der Waals surface area contributed by atoms with Gasteiger partial charge in [0.1, 0.15) is 5.50 Å². The Hall–Kier alpha value is -1.94. The zero-order valence-electron chi connectivity index (χ0n) is 10.3. The van der Waals surface area contributed by atoms with Crippen LogP contribution >= 0.6 is 11.8 Å². The summed E-state index contributed by atoms with van der Waals surface area (Å²) in [5.41, 5.74) is 2.78. The number of thioether (sulfide) groups is 1. The lowest BCUT2D eigenvalue weighted by molar-refractivity contribution is 0.0948. The number of nitrogens with one attached hydrogen (secondary N) is 2. The number of para-hydroxylation sites is 1. The maximum Gasteiger partial charge on any atom is 0.255 e. The molecule has 19 heavy (non-hydrogen) atoms. The van der Waals surface area contributed by atoms with E-state index in [2.05, 4.69) is 22.8 Å². The van der Waals surface area contributed by atoms with Gasteiger partial charge in [0, 0.05) is 11.4 Å². The number of carbonyl (C=O) groups excluding carboxylic acids is 1. The molecule has 96 valence electrons. The topological polar surface area (TPSA) is 41.1 Å². The van der Waals surface area contributed by atoms with Gasteiger partial charge in [0.2, 0.25) is 0 Å². The minimum atomic E-state index is -0.0809. The van der Waals surface area contributed by atoms with Gasteiger partial charge < -0.3 is 10.6 Å². The standard InChI is InChI=1S/C15H14N2OS/c18-14-12-8-4-5-9-13(12)16-15(17-14)19-10-11-6-2-1-3-7-11/h1-9,15-16H,10H2,(H,17,18)/t15-/m0/s1. The highest BCUT2D eigenvalue weighted by Crippen LogP contribution is 2.25. The predicted octanol–water partition coefficient (Wildman–Crippen LogP) is 3.06. The molecule has 0 radical (unpaired) electrons. The second-order valence-corrected chi connectivity index (χ2v) is 5.43. The summed E-state index contributed by atoms with van der Waals surface area (Å²) in [6.45, 7) is 0. The van der Waals surface area contributed by atoms with Crippen LogP contribution in [0.15, 0.2) is 54.6 Å². The molecule has 0 aromatic heterocycles. The van der Waals surface area contributed by atoms with E-state index in [-0.39, 0.29) is 11.4 Å². The molecule has 1 amide bonds. The smallest absolute Gasteiger partial charge is 0.255 e. The van der Waals surface area contributed by atoms with Crippen molar-refractivity contribution in [2.45, 2.75) is 11.3 Å². The van der Waals surface area contributed by atoms with Crippen molar-refractivity contribution in [1.29, 1.82) is 0 Å². The lowest BCUT2D eigenvalue weighted by Gasteiger charge is -2.27. The van der Waals surface area contributed by atoms with Gasteiger partial charge >= 0.3 is 0 Å². The van der Waals surface area contributed by atoms with E-state index in [1.807, 2.05) is 42.5 Å². The first-order valence-corrected chi connectivity index (χ1v) is 7.20. The van der Waals surface area contributed by atoms with Crippen molar-refractivity contribution in [2.75, 3.05) is 5.32 Å². The van der Waals surface area contributed by atoms with Gasteiger partial charge in [-0.1, -0.05) is 42.5 Å². The first kappa shape index (κ1) is 12.1. The Bertz CT molecular complexity index is 586. The average Bonchev–Trinajstić information content (AvgIpc) is 2.46. The number of carbonyl (C=O) groups is 1. The van der Waals surface area contributed by atoms with E-state index in [4.69, 9.17) is 0 Å². The highest BCUT2D eigenvalue weighted by molar-refractivity contribution is 7.99. The molecular weight excluding hydrogens is 256 g/mol. The predicted molar refractivity (Wildman–Crippen MR) is 79.1 cm³/mol. The molecule has 2 N–H and O–H groups in total. The third kappa shape index (κ3) is 2.74. The van der Waals surface area contributed by atoms with Crippen LogP contribution in [-0.4, -0.2) is 11.4 Å². The Morgan fingerprint density at radius 3 is 2.53 bits per heavy atom. The molecule has 0 spiro atoms. The maximum absolute atomic E-state index is 11.9. The molecule has 0 saturated heterocycles. The fourth-order valence-corrected chi connectivity index (χ4v) is 2.97. The van der Waals surface area contributed by atoms with Crippen LogP contribution in [0.3, 0.4) is 0 Å². The third-order valence-electron chi connectivity index (χ3n) is 2.98. The van der Waals surface area contributed by atoms with Crippen LogP contribution in [0.1, 0.15) is 15.9 Å². The summed E-state index contributed by atoms with van der Waals surface area (Å²) in [5.74, 6) is 0.848. The van der Waals surface area contributed by atoms with E-state index in [0.717, 1.165) is 11.4 Å². The number of anilines is 1.